The molecule has 0 aromatic heterocycles. The first-order chi connectivity index (χ1) is 10.1. The summed E-state index contributed by atoms with van der Waals surface area (Å²) in [5, 5.41) is 12.3. The first kappa shape index (κ1) is 15.1. The fraction of sp³-hybridized carbons (Fsp3) is 0.278. The summed E-state index contributed by atoms with van der Waals surface area (Å²) in [6.45, 7) is 4.96. The van der Waals surface area contributed by atoms with Gasteiger partial charge in [0.15, 0.2) is 0 Å². The van der Waals surface area contributed by atoms with Gasteiger partial charge in [0.25, 0.3) is 0 Å². The predicted molar refractivity (Wildman–Crippen MR) is 84.1 cm³/mol. The number of nitriles is 1. The van der Waals surface area contributed by atoms with Gasteiger partial charge >= 0.3 is 0 Å². The first-order valence-electron chi connectivity index (χ1n) is 7.01. The van der Waals surface area contributed by atoms with Crippen molar-refractivity contribution in [3.8, 4) is 11.8 Å². The normalized spacial score (nSPS) is 11.7. The van der Waals surface area contributed by atoms with E-state index in [1.54, 1.807) is 7.11 Å². The van der Waals surface area contributed by atoms with E-state index >= 15 is 0 Å². The summed E-state index contributed by atoms with van der Waals surface area (Å²) in [6.07, 6.45) is 0. The summed E-state index contributed by atoms with van der Waals surface area (Å²) in [5.74, 6) is 0.903. The third kappa shape index (κ3) is 3.84. The number of ether oxygens (including phenoxy) is 1. The Labute approximate surface area is 126 Å². The Bertz CT molecular complexity index is 641. The van der Waals surface area contributed by atoms with E-state index in [4.69, 9.17) is 10.00 Å². The maximum absolute atomic E-state index is 8.80. The monoisotopic (exact) mass is 280 g/mol. The second kappa shape index (κ2) is 6.92. The summed E-state index contributed by atoms with van der Waals surface area (Å²) in [6, 6.07) is 16.2. The van der Waals surface area contributed by atoms with Gasteiger partial charge < -0.3 is 10.1 Å². The molecule has 0 radical (unpaired) electrons. The van der Waals surface area contributed by atoms with E-state index in [0.717, 1.165) is 23.4 Å². The van der Waals surface area contributed by atoms with E-state index in [1.165, 1.54) is 5.56 Å². The van der Waals surface area contributed by atoms with Crippen molar-refractivity contribution < 1.29 is 4.74 Å². The van der Waals surface area contributed by atoms with Gasteiger partial charge in [-0.05, 0) is 37.6 Å². The Kier molecular flexibility index (Phi) is 4.97. The van der Waals surface area contributed by atoms with Gasteiger partial charge in [0.1, 0.15) is 5.75 Å². The lowest BCUT2D eigenvalue weighted by Gasteiger charge is -2.18. The summed E-state index contributed by atoms with van der Waals surface area (Å²) >= 11 is 0. The van der Waals surface area contributed by atoms with Crippen molar-refractivity contribution in [3.63, 3.8) is 0 Å². The zero-order valence-corrected chi connectivity index (χ0v) is 12.7. The number of methoxy groups -OCH3 is 1. The molecule has 3 heteroatoms. The average Bonchev–Trinajstić information content (AvgIpc) is 2.53. The lowest BCUT2D eigenvalue weighted by Crippen LogP contribution is -2.18. The lowest BCUT2D eigenvalue weighted by molar-refractivity contribution is 0.401. The van der Waals surface area contributed by atoms with Crippen LogP contribution < -0.4 is 10.1 Å². The van der Waals surface area contributed by atoms with Crippen LogP contribution in [0.15, 0.2) is 42.5 Å². The Morgan fingerprint density at radius 1 is 1.19 bits per heavy atom. The molecule has 3 nitrogen and oxygen atoms in total. The lowest BCUT2D eigenvalue weighted by atomic mass is 10.0. The molecule has 2 rings (SSSR count). The van der Waals surface area contributed by atoms with Crippen molar-refractivity contribution in [1.29, 1.82) is 5.26 Å². The molecule has 1 N–H and O–H groups in total. The van der Waals surface area contributed by atoms with Gasteiger partial charge in [-0.15, -0.1) is 0 Å². The highest BCUT2D eigenvalue weighted by atomic mass is 16.5. The van der Waals surface area contributed by atoms with Crippen molar-refractivity contribution in [2.45, 2.75) is 26.4 Å². The molecular weight excluding hydrogens is 260 g/mol. The fourth-order valence-corrected chi connectivity index (χ4v) is 2.27. The number of hydrogen-bond donors (Lipinski definition) is 1. The van der Waals surface area contributed by atoms with Crippen molar-refractivity contribution in [3.05, 3.63) is 64.7 Å². The molecule has 1 unspecified atom stereocenters. The topological polar surface area (TPSA) is 45.0 Å². The van der Waals surface area contributed by atoms with Gasteiger partial charge in [0.2, 0.25) is 0 Å². The smallest absolute Gasteiger partial charge is 0.123 e. The van der Waals surface area contributed by atoms with Crippen LogP contribution >= 0.6 is 0 Å². The summed E-state index contributed by atoms with van der Waals surface area (Å²) in [7, 11) is 1.70. The van der Waals surface area contributed by atoms with Crippen LogP contribution in [0.2, 0.25) is 0 Å². The standard InChI is InChI=1S/C18H20N2O/c1-13-4-9-18(21-3)17(10-13)14(2)20-12-16-7-5-15(11-19)6-8-16/h4-10,14,20H,12H2,1-3H3. The molecule has 1 atom stereocenters. The highest BCUT2D eigenvalue weighted by Crippen LogP contribution is 2.26. The van der Waals surface area contributed by atoms with Gasteiger partial charge in [0, 0.05) is 18.2 Å². The van der Waals surface area contributed by atoms with E-state index in [1.807, 2.05) is 30.3 Å². The minimum absolute atomic E-state index is 0.190. The molecule has 0 saturated heterocycles. The molecule has 0 fully saturated rings. The third-order valence-electron chi connectivity index (χ3n) is 3.55. The van der Waals surface area contributed by atoms with Crippen LogP contribution in [0.4, 0.5) is 0 Å². The van der Waals surface area contributed by atoms with Gasteiger partial charge in [-0.3, -0.25) is 0 Å². The number of hydrogen-bond acceptors (Lipinski definition) is 3. The largest absolute Gasteiger partial charge is 0.496 e. The maximum Gasteiger partial charge on any atom is 0.123 e. The van der Waals surface area contributed by atoms with E-state index in [2.05, 4.69) is 37.4 Å². The number of nitrogens with one attached hydrogen (secondary N) is 1. The number of nitrogens with zero attached hydrogens (tertiary/aromatic N) is 1. The molecule has 2 aromatic rings. The van der Waals surface area contributed by atoms with Crippen LogP contribution in [0.1, 0.15) is 35.2 Å². The van der Waals surface area contributed by atoms with Crippen LogP contribution in [0.3, 0.4) is 0 Å². The second-order valence-corrected chi connectivity index (χ2v) is 5.16. The van der Waals surface area contributed by atoms with Crippen molar-refractivity contribution in [2.24, 2.45) is 0 Å². The molecule has 0 amide bonds. The maximum atomic E-state index is 8.80. The van der Waals surface area contributed by atoms with Crippen molar-refractivity contribution >= 4 is 0 Å². The van der Waals surface area contributed by atoms with E-state index in [9.17, 15) is 0 Å². The van der Waals surface area contributed by atoms with E-state index < -0.39 is 0 Å². The predicted octanol–water partition coefficient (Wildman–Crippen LogP) is 3.73. The molecule has 0 bridgehead atoms. The van der Waals surface area contributed by atoms with Gasteiger partial charge in [0.05, 0.1) is 18.7 Å². The molecule has 0 spiro atoms. The van der Waals surface area contributed by atoms with Crippen LogP contribution in [-0.4, -0.2) is 7.11 Å². The van der Waals surface area contributed by atoms with Gasteiger partial charge in [-0.1, -0.05) is 29.8 Å². The molecule has 0 saturated carbocycles. The van der Waals surface area contributed by atoms with Crippen molar-refractivity contribution in [1.82, 2.24) is 5.32 Å². The zero-order valence-electron chi connectivity index (χ0n) is 12.7. The molecule has 0 heterocycles. The van der Waals surface area contributed by atoms with E-state index in [0.29, 0.717) is 5.56 Å². The Balaban J connectivity index is 2.05. The number of aryl methyl sites for hydroxylation is 1. The summed E-state index contributed by atoms with van der Waals surface area (Å²) < 4.78 is 5.43. The third-order valence-corrected chi connectivity index (χ3v) is 3.55. The number of rotatable bonds is 5. The molecule has 108 valence electrons. The van der Waals surface area contributed by atoms with Crippen LogP contribution in [0, 0.1) is 18.3 Å². The average molecular weight is 280 g/mol. The minimum Gasteiger partial charge on any atom is -0.496 e. The Hall–Kier alpha value is -2.31. The van der Waals surface area contributed by atoms with Crippen LogP contribution in [-0.2, 0) is 6.54 Å². The fourth-order valence-electron chi connectivity index (χ4n) is 2.27. The quantitative estimate of drug-likeness (QED) is 0.907. The Morgan fingerprint density at radius 3 is 2.52 bits per heavy atom. The molecule has 0 aliphatic rings. The van der Waals surface area contributed by atoms with Gasteiger partial charge in [-0.25, -0.2) is 0 Å². The highest BCUT2D eigenvalue weighted by molar-refractivity contribution is 5.39. The second-order valence-electron chi connectivity index (χ2n) is 5.16. The van der Waals surface area contributed by atoms with Crippen LogP contribution in [0.5, 0.6) is 5.75 Å². The van der Waals surface area contributed by atoms with Crippen molar-refractivity contribution in [2.75, 3.05) is 7.11 Å². The highest BCUT2D eigenvalue weighted by Gasteiger charge is 2.11. The zero-order chi connectivity index (χ0) is 15.2. The number of benzene rings is 2. The molecule has 0 aliphatic carbocycles. The summed E-state index contributed by atoms with van der Waals surface area (Å²) in [5.41, 5.74) is 4.23. The SMILES string of the molecule is COc1ccc(C)cc1C(C)NCc1ccc(C#N)cc1. The van der Waals surface area contributed by atoms with Crippen LogP contribution in [0.25, 0.3) is 0 Å². The van der Waals surface area contributed by atoms with E-state index in [-0.39, 0.29) is 6.04 Å². The molecule has 2 aromatic carbocycles. The summed E-state index contributed by atoms with van der Waals surface area (Å²) in [4.78, 5) is 0. The molecule has 0 aliphatic heterocycles. The first-order valence-corrected chi connectivity index (χ1v) is 7.01. The minimum atomic E-state index is 0.190. The Morgan fingerprint density at radius 2 is 1.90 bits per heavy atom. The molecular formula is C18H20N2O. The van der Waals surface area contributed by atoms with Gasteiger partial charge in [-0.2, -0.15) is 5.26 Å². The molecule has 21 heavy (non-hydrogen) atoms.